The van der Waals surface area contributed by atoms with Gasteiger partial charge < -0.3 is 25.1 Å². The maximum absolute atomic E-state index is 9.82. The first kappa shape index (κ1) is 13.6. The van der Waals surface area contributed by atoms with E-state index in [-0.39, 0.29) is 6.54 Å². The molecule has 0 radical (unpaired) electrons. The minimum Gasteiger partial charge on any atom is -0.493 e. The Morgan fingerprint density at radius 3 is 2.41 bits per heavy atom. The van der Waals surface area contributed by atoms with Crippen LogP contribution in [0, 0.1) is 0 Å². The smallest absolute Gasteiger partial charge is 0.203 e. The van der Waals surface area contributed by atoms with Crippen LogP contribution >= 0.6 is 0 Å². The molecular weight excluding hydrogens is 222 g/mol. The molecule has 0 bridgehead atoms. The van der Waals surface area contributed by atoms with E-state index in [1.165, 1.54) is 7.11 Å². The van der Waals surface area contributed by atoms with Crippen molar-refractivity contribution in [3.8, 4) is 17.2 Å². The summed E-state index contributed by atoms with van der Waals surface area (Å²) in [5.41, 5.74) is 6.06. The molecule has 1 aromatic carbocycles. The number of rotatable bonds is 6. The number of ether oxygens (including phenoxy) is 3. The Morgan fingerprint density at radius 1 is 1.24 bits per heavy atom. The lowest BCUT2D eigenvalue weighted by molar-refractivity contribution is 0.178. The first-order chi connectivity index (χ1) is 8.19. The zero-order valence-corrected chi connectivity index (χ0v) is 10.4. The van der Waals surface area contributed by atoms with E-state index in [1.807, 2.05) is 6.92 Å². The van der Waals surface area contributed by atoms with E-state index in [0.29, 0.717) is 29.4 Å². The van der Waals surface area contributed by atoms with Crippen LogP contribution in [0.5, 0.6) is 17.2 Å². The zero-order chi connectivity index (χ0) is 12.8. The Labute approximate surface area is 101 Å². The Balaban J connectivity index is 3.30. The molecule has 0 aliphatic carbocycles. The predicted octanol–water partition coefficient (Wildman–Crippen LogP) is 1.09. The summed E-state index contributed by atoms with van der Waals surface area (Å²) in [4.78, 5) is 0. The monoisotopic (exact) mass is 241 g/mol. The van der Waals surface area contributed by atoms with Crippen LogP contribution in [0.1, 0.15) is 18.6 Å². The molecule has 5 heteroatoms. The molecule has 0 aliphatic rings. The van der Waals surface area contributed by atoms with Crippen LogP contribution in [0.15, 0.2) is 12.1 Å². The normalized spacial score (nSPS) is 12.1. The molecule has 0 heterocycles. The van der Waals surface area contributed by atoms with Crippen molar-refractivity contribution < 1.29 is 19.3 Å². The Morgan fingerprint density at radius 2 is 1.94 bits per heavy atom. The molecule has 0 fully saturated rings. The minimum absolute atomic E-state index is 0.121. The fraction of sp³-hybridized carbons (Fsp3) is 0.500. The van der Waals surface area contributed by atoms with Gasteiger partial charge in [-0.25, -0.2) is 0 Å². The lowest BCUT2D eigenvalue weighted by Gasteiger charge is -2.19. The maximum Gasteiger partial charge on any atom is 0.203 e. The van der Waals surface area contributed by atoms with Crippen molar-refractivity contribution in [2.75, 3.05) is 27.4 Å². The summed E-state index contributed by atoms with van der Waals surface area (Å²) in [6, 6.07) is 3.44. The average Bonchev–Trinajstić information content (AvgIpc) is 2.37. The van der Waals surface area contributed by atoms with Gasteiger partial charge in [-0.1, -0.05) is 0 Å². The van der Waals surface area contributed by atoms with Gasteiger partial charge in [-0.3, -0.25) is 0 Å². The molecule has 1 unspecified atom stereocenters. The SMILES string of the molecule is CCOc1c(C(O)CN)ccc(OC)c1OC. The molecular formula is C12H19NO4. The summed E-state index contributed by atoms with van der Waals surface area (Å²) in [6.45, 7) is 2.45. The van der Waals surface area contributed by atoms with Crippen LogP contribution in [-0.4, -0.2) is 32.5 Å². The highest BCUT2D eigenvalue weighted by Gasteiger charge is 2.20. The molecule has 5 nitrogen and oxygen atoms in total. The quantitative estimate of drug-likeness (QED) is 0.780. The largest absolute Gasteiger partial charge is 0.493 e. The number of benzene rings is 1. The second-order valence-electron chi connectivity index (χ2n) is 3.40. The van der Waals surface area contributed by atoms with Crippen molar-refractivity contribution in [1.29, 1.82) is 0 Å². The second kappa shape index (κ2) is 6.32. The standard InChI is InChI=1S/C12H19NO4/c1-4-17-11-8(9(14)7-13)5-6-10(15-2)12(11)16-3/h5-6,9,14H,4,7,13H2,1-3H3. The molecule has 0 spiro atoms. The van der Waals surface area contributed by atoms with Gasteiger partial charge >= 0.3 is 0 Å². The Hall–Kier alpha value is -1.46. The predicted molar refractivity (Wildman–Crippen MR) is 64.7 cm³/mol. The zero-order valence-electron chi connectivity index (χ0n) is 10.4. The second-order valence-corrected chi connectivity index (χ2v) is 3.40. The number of aliphatic hydroxyl groups is 1. The molecule has 1 aromatic rings. The van der Waals surface area contributed by atoms with Crippen LogP contribution in [-0.2, 0) is 0 Å². The van der Waals surface area contributed by atoms with Gasteiger partial charge in [0.15, 0.2) is 11.5 Å². The third-order valence-corrected chi connectivity index (χ3v) is 2.40. The van der Waals surface area contributed by atoms with Gasteiger partial charge in [0.25, 0.3) is 0 Å². The van der Waals surface area contributed by atoms with Gasteiger partial charge in [-0.2, -0.15) is 0 Å². The average molecular weight is 241 g/mol. The maximum atomic E-state index is 9.82. The third-order valence-electron chi connectivity index (χ3n) is 2.40. The van der Waals surface area contributed by atoms with E-state index in [4.69, 9.17) is 19.9 Å². The fourth-order valence-corrected chi connectivity index (χ4v) is 1.60. The molecule has 0 amide bonds. The number of hydrogen-bond donors (Lipinski definition) is 2. The van der Waals surface area contributed by atoms with Gasteiger partial charge in [-0.05, 0) is 19.1 Å². The molecule has 1 rings (SSSR count). The van der Waals surface area contributed by atoms with Gasteiger partial charge in [-0.15, -0.1) is 0 Å². The summed E-state index contributed by atoms with van der Waals surface area (Å²) >= 11 is 0. The summed E-state index contributed by atoms with van der Waals surface area (Å²) in [5, 5.41) is 9.82. The summed E-state index contributed by atoms with van der Waals surface area (Å²) < 4.78 is 15.9. The third kappa shape index (κ3) is 2.81. The van der Waals surface area contributed by atoms with Crippen LogP contribution in [0.25, 0.3) is 0 Å². The van der Waals surface area contributed by atoms with Crippen molar-refractivity contribution in [3.05, 3.63) is 17.7 Å². The number of methoxy groups -OCH3 is 2. The Bertz CT molecular complexity index is 368. The van der Waals surface area contributed by atoms with Crippen molar-refractivity contribution in [1.82, 2.24) is 0 Å². The van der Waals surface area contributed by atoms with Gasteiger partial charge in [0, 0.05) is 12.1 Å². The topological polar surface area (TPSA) is 73.9 Å². The first-order valence-corrected chi connectivity index (χ1v) is 5.45. The molecule has 0 saturated heterocycles. The van der Waals surface area contributed by atoms with Gasteiger partial charge in [0.05, 0.1) is 26.9 Å². The Kier molecular flexibility index (Phi) is 5.06. The van der Waals surface area contributed by atoms with Gasteiger partial charge in [0.1, 0.15) is 0 Å². The van der Waals surface area contributed by atoms with Crippen molar-refractivity contribution in [2.24, 2.45) is 5.73 Å². The molecule has 0 aliphatic heterocycles. The van der Waals surface area contributed by atoms with Crippen molar-refractivity contribution in [3.63, 3.8) is 0 Å². The molecule has 96 valence electrons. The van der Waals surface area contributed by atoms with E-state index in [9.17, 15) is 5.11 Å². The highest BCUT2D eigenvalue weighted by atomic mass is 16.5. The summed E-state index contributed by atoms with van der Waals surface area (Å²) in [7, 11) is 3.07. The highest BCUT2D eigenvalue weighted by Crippen LogP contribution is 2.42. The summed E-state index contributed by atoms with van der Waals surface area (Å²) in [5.74, 6) is 1.51. The lowest BCUT2D eigenvalue weighted by atomic mass is 10.1. The van der Waals surface area contributed by atoms with Crippen LogP contribution in [0.3, 0.4) is 0 Å². The number of nitrogens with two attached hydrogens (primary N) is 1. The molecule has 0 saturated carbocycles. The van der Waals surface area contributed by atoms with Crippen LogP contribution in [0.2, 0.25) is 0 Å². The van der Waals surface area contributed by atoms with E-state index >= 15 is 0 Å². The summed E-state index contributed by atoms with van der Waals surface area (Å²) in [6.07, 6.45) is -0.781. The van der Waals surface area contributed by atoms with E-state index < -0.39 is 6.10 Å². The number of aliphatic hydroxyl groups excluding tert-OH is 1. The molecule has 17 heavy (non-hydrogen) atoms. The molecule has 0 aromatic heterocycles. The highest BCUT2D eigenvalue weighted by molar-refractivity contribution is 5.56. The van der Waals surface area contributed by atoms with Gasteiger partial charge in [0.2, 0.25) is 5.75 Å². The molecule has 3 N–H and O–H groups in total. The van der Waals surface area contributed by atoms with E-state index in [0.717, 1.165) is 0 Å². The fourth-order valence-electron chi connectivity index (χ4n) is 1.60. The van der Waals surface area contributed by atoms with Crippen molar-refractivity contribution in [2.45, 2.75) is 13.0 Å². The lowest BCUT2D eigenvalue weighted by Crippen LogP contribution is -2.13. The molecule has 1 atom stereocenters. The van der Waals surface area contributed by atoms with Crippen molar-refractivity contribution >= 4 is 0 Å². The van der Waals surface area contributed by atoms with Crippen LogP contribution < -0.4 is 19.9 Å². The number of hydrogen-bond acceptors (Lipinski definition) is 5. The van der Waals surface area contributed by atoms with Crippen LogP contribution in [0.4, 0.5) is 0 Å². The first-order valence-electron chi connectivity index (χ1n) is 5.45. The van der Waals surface area contributed by atoms with E-state index in [1.54, 1.807) is 19.2 Å². The van der Waals surface area contributed by atoms with E-state index in [2.05, 4.69) is 0 Å². The minimum atomic E-state index is -0.781.